The summed E-state index contributed by atoms with van der Waals surface area (Å²) in [6.45, 7) is 0. The zero-order chi connectivity index (χ0) is 12.3. The lowest BCUT2D eigenvalue weighted by Crippen LogP contribution is -2.04. The first-order chi connectivity index (χ1) is 7.43. The van der Waals surface area contributed by atoms with Crippen molar-refractivity contribution in [1.29, 1.82) is 0 Å². The van der Waals surface area contributed by atoms with Gasteiger partial charge in [0, 0.05) is 18.1 Å². The first-order valence-electron chi connectivity index (χ1n) is 4.47. The van der Waals surface area contributed by atoms with Crippen LogP contribution in [0.5, 0.6) is 0 Å². The van der Waals surface area contributed by atoms with Crippen LogP contribution in [0, 0.1) is 23.3 Å². The number of carbonyl (C=O) groups is 1. The maximum Gasteiger partial charge on any atom is 0.303 e. The lowest BCUT2D eigenvalue weighted by molar-refractivity contribution is -0.137. The SMILES string of the molecule is O=C(O)CCCc1c(F)c(F)cc(F)c1F. The van der Waals surface area contributed by atoms with Crippen LogP contribution in [-0.4, -0.2) is 11.1 Å². The monoisotopic (exact) mass is 236 g/mol. The van der Waals surface area contributed by atoms with Gasteiger partial charge in [-0.15, -0.1) is 0 Å². The smallest absolute Gasteiger partial charge is 0.303 e. The molecule has 1 N–H and O–H groups in total. The molecule has 0 aliphatic carbocycles. The standard InChI is InChI=1S/C10H8F4O2/c11-6-4-7(12)10(14)5(9(6)13)2-1-3-8(15)16/h4H,1-3H2,(H,15,16). The molecule has 0 heterocycles. The Kier molecular flexibility index (Phi) is 3.87. The van der Waals surface area contributed by atoms with Gasteiger partial charge in [0.1, 0.15) is 0 Å². The molecular weight excluding hydrogens is 228 g/mol. The van der Waals surface area contributed by atoms with Crippen molar-refractivity contribution in [3.8, 4) is 0 Å². The molecule has 88 valence electrons. The lowest BCUT2D eigenvalue weighted by atomic mass is 10.1. The predicted molar refractivity (Wildman–Crippen MR) is 46.8 cm³/mol. The molecule has 16 heavy (non-hydrogen) atoms. The van der Waals surface area contributed by atoms with Crippen molar-refractivity contribution in [2.24, 2.45) is 0 Å². The van der Waals surface area contributed by atoms with Gasteiger partial charge in [0.2, 0.25) is 0 Å². The molecule has 0 aliphatic heterocycles. The Labute approximate surface area is 88.5 Å². The van der Waals surface area contributed by atoms with Crippen LogP contribution in [0.15, 0.2) is 6.07 Å². The van der Waals surface area contributed by atoms with Crippen LogP contribution < -0.4 is 0 Å². The number of rotatable bonds is 4. The van der Waals surface area contributed by atoms with Crippen molar-refractivity contribution in [2.45, 2.75) is 19.3 Å². The molecule has 0 unspecified atom stereocenters. The van der Waals surface area contributed by atoms with E-state index in [-0.39, 0.29) is 25.3 Å². The molecule has 1 aromatic carbocycles. The van der Waals surface area contributed by atoms with E-state index >= 15 is 0 Å². The summed E-state index contributed by atoms with van der Waals surface area (Å²) in [5, 5.41) is 8.30. The number of carboxylic acid groups (broad SMARTS) is 1. The van der Waals surface area contributed by atoms with Crippen LogP contribution in [0.3, 0.4) is 0 Å². The Morgan fingerprint density at radius 3 is 2.06 bits per heavy atom. The number of carboxylic acids is 1. The van der Waals surface area contributed by atoms with Crippen LogP contribution in [0.4, 0.5) is 17.6 Å². The van der Waals surface area contributed by atoms with E-state index in [9.17, 15) is 22.4 Å². The summed E-state index contributed by atoms with van der Waals surface area (Å²) in [7, 11) is 0. The van der Waals surface area contributed by atoms with E-state index in [2.05, 4.69) is 0 Å². The molecule has 0 amide bonds. The Balaban J connectivity index is 2.90. The topological polar surface area (TPSA) is 37.3 Å². The molecule has 0 aromatic heterocycles. The molecule has 1 rings (SSSR count). The minimum absolute atomic E-state index is 0.0912. The Bertz CT molecular complexity index is 392. The molecule has 0 saturated carbocycles. The zero-order valence-corrected chi connectivity index (χ0v) is 8.07. The van der Waals surface area contributed by atoms with Crippen LogP contribution >= 0.6 is 0 Å². The summed E-state index contributed by atoms with van der Waals surface area (Å²) in [6.07, 6.45) is -0.776. The fourth-order valence-electron chi connectivity index (χ4n) is 1.26. The second-order valence-electron chi connectivity index (χ2n) is 3.19. The number of benzene rings is 1. The van der Waals surface area contributed by atoms with Crippen molar-refractivity contribution < 1.29 is 27.5 Å². The van der Waals surface area contributed by atoms with Crippen LogP contribution in [-0.2, 0) is 11.2 Å². The van der Waals surface area contributed by atoms with E-state index in [0.717, 1.165) is 0 Å². The molecule has 0 spiro atoms. The van der Waals surface area contributed by atoms with E-state index in [1.54, 1.807) is 0 Å². The highest BCUT2D eigenvalue weighted by atomic mass is 19.2. The van der Waals surface area contributed by atoms with Gasteiger partial charge >= 0.3 is 5.97 Å². The maximum atomic E-state index is 13.0. The second-order valence-corrected chi connectivity index (χ2v) is 3.19. The van der Waals surface area contributed by atoms with Gasteiger partial charge in [-0.1, -0.05) is 0 Å². The molecule has 0 radical (unpaired) electrons. The van der Waals surface area contributed by atoms with Crippen LogP contribution in [0.1, 0.15) is 18.4 Å². The molecule has 0 atom stereocenters. The molecule has 6 heteroatoms. The van der Waals surface area contributed by atoms with Crippen molar-refractivity contribution in [3.05, 3.63) is 34.9 Å². The third-order valence-electron chi connectivity index (χ3n) is 2.02. The van der Waals surface area contributed by atoms with E-state index in [1.165, 1.54) is 0 Å². The van der Waals surface area contributed by atoms with Gasteiger partial charge in [0.05, 0.1) is 0 Å². The number of aliphatic carboxylic acids is 1. The van der Waals surface area contributed by atoms with Crippen molar-refractivity contribution in [2.75, 3.05) is 0 Å². The van der Waals surface area contributed by atoms with Crippen LogP contribution in [0.25, 0.3) is 0 Å². The number of hydrogen-bond acceptors (Lipinski definition) is 1. The van der Waals surface area contributed by atoms with E-state index in [1.807, 2.05) is 0 Å². The fraction of sp³-hybridized carbons (Fsp3) is 0.300. The predicted octanol–water partition coefficient (Wildman–Crippen LogP) is 2.65. The van der Waals surface area contributed by atoms with E-state index in [4.69, 9.17) is 5.11 Å². The van der Waals surface area contributed by atoms with Gasteiger partial charge in [-0.2, -0.15) is 0 Å². The van der Waals surface area contributed by atoms with E-state index in [0.29, 0.717) is 0 Å². The second kappa shape index (κ2) is 4.96. The van der Waals surface area contributed by atoms with Gasteiger partial charge in [-0.25, -0.2) is 17.6 Å². The first-order valence-corrected chi connectivity index (χ1v) is 4.47. The average Bonchev–Trinajstić information content (AvgIpc) is 2.20. The summed E-state index contributed by atoms with van der Waals surface area (Å²) >= 11 is 0. The highest BCUT2D eigenvalue weighted by Crippen LogP contribution is 2.20. The molecule has 0 bridgehead atoms. The molecule has 0 fully saturated rings. The van der Waals surface area contributed by atoms with Gasteiger partial charge in [-0.3, -0.25) is 4.79 Å². The summed E-state index contributed by atoms with van der Waals surface area (Å²) in [5.74, 6) is -7.04. The van der Waals surface area contributed by atoms with Crippen molar-refractivity contribution >= 4 is 5.97 Å². The van der Waals surface area contributed by atoms with E-state index < -0.39 is 34.8 Å². The highest BCUT2D eigenvalue weighted by Gasteiger charge is 2.18. The number of hydrogen-bond donors (Lipinski definition) is 1. The summed E-state index contributed by atoms with van der Waals surface area (Å²) < 4.78 is 51.5. The first kappa shape index (κ1) is 12.5. The molecule has 0 saturated heterocycles. The third kappa shape index (κ3) is 2.71. The normalized spacial score (nSPS) is 10.5. The van der Waals surface area contributed by atoms with Gasteiger partial charge in [0.15, 0.2) is 23.3 Å². The fourth-order valence-corrected chi connectivity index (χ4v) is 1.26. The Morgan fingerprint density at radius 1 is 1.12 bits per heavy atom. The van der Waals surface area contributed by atoms with Crippen molar-refractivity contribution in [3.63, 3.8) is 0 Å². The van der Waals surface area contributed by atoms with Crippen molar-refractivity contribution in [1.82, 2.24) is 0 Å². The Hall–Kier alpha value is -1.59. The summed E-state index contributed by atoms with van der Waals surface area (Å²) in [6, 6.07) is 0.116. The lowest BCUT2D eigenvalue weighted by Gasteiger charge is -2.05. The minimum Gasteiger partial charge on any atom is -0.481 e. The van der Waals surface area contributed by atoms with Gasteiger partial charge < -0.3 is 5.11 Å². The highest BCUT2D eigenvalue weighted by molar-refractivity contribution is 5.66. The molecule has 0 aliphatic rings. The molecule has 1 aromatic rings. The van der Waals surface area contributed by atoms with Crippen LogP contribution in [0.2, 0.25) is 0 Å². The molecule has 2 nitrogen and oxygen atoms in total. The number of halogens is 4. The maximum absolute atomic E-state index is 13.0. The average molecular weight is 236 g/mol. The van der Waals surface area contributed by atoms with Gasteiger partial charge in [0.25, 0.3) is 0 Å². The quantitative estimate of drug-likeness (QED) is 0.644. The van der Waals surface area contributed by atoms with Gasteiger partial charge in [-0.05, 0) is 12.8 Å². The summed E-state index contributed by atoms with van der Waals surface area (Å²) in [5.41, 5.74) is -0.751. The third-order valence-corrected chi connectivity index (χ3v) is 2.02. The zero-order valence-electron chi connectivity index (χ0n) is 8.07. The largest absolute Gasteiger partial charge is 0.481 e. The Morgan fingerprint density at radius 2 is 1.62 bits per heavy atom. The minimum atomic E-state index is -1.48. The summed E-state index contributed by atoms with van der Waals surface area (Å²) in [4.78, 5) is 10.2. The molecular formula is C10H8F4O2.